The van der Waals surface area contributed by atoms with Crippen molar-refractivity contribution in [2.24, 2.45) is 0 Å². The maximum absolute atomic E-state index is 13.4. The van der Waals surface area contributed by atoms with Crippen LogP contribution < -0.4 is 14.4 Å². The first kappa shape index (κ1) is 20.8. The van der Waals surface area contributed by atoms with E-state index >= 15 is 0 Å². The fraction of sp³-hybridized carbons (Fsp3) is 0.208. The molecular weight excluding hydrogens is 448 g/mol. The SMILES string of the molecule is O=C(N[C@@H]1CCOc2ccccc21)c1ccc(Cl)c(S(=O)(=O)N2CCc3ccccc32)c1. The van der Waals surface area contributed by atoms with Gasteiger partial charge in [-0.3, -0.25) is 9.10 Å². The standard InChI is InChI=1S/C24H21ClN2O4S/c25-19-10-9-17(24(28)26-20-12-14-31-22-8-4-2-6-18(20)22)15-23(19)32(29,30)27-13-11-16-5-1-3-7-21(16)27/h1-10,15,20H,11-14H2,(H,26,28)/t20-/m1/s1. The number of nitrogens with one attached hydrogen (secondary N) is 1. The predicted octanol–water partition coefficient (Wildman–Crippen LogP) is 4.35. The van der Waals surface area contributed by atoms with Crippen LogP contribution in [0.25, 0.3) is 0 Å². The summed E-state index contributed by atoms with van der Waals surface area (Å²) in [6, 6.07) is 19.1. The second-order valence-electron chi connectivity index (χ2n) is 7.80. The highest BCUT2D eigenvalue weighted by molar-refractivity contribution is 7.93. The third-order valence-corrected chi connectivity index (χ3v) is 8.16. The Kier molecular flexibility index (Phi) is 5.31. The number of fused-ring (bicyclic) bond motifs is 2. The molecule has 0 aromatic heterocycles. The molecule has 6 nitrogen and oxygen atoms in total. The van der Waals surface area contributed by atoms with Crippen molar-refractivity contribution in [1.29, 1.82) is 0 Å². The third-order valence-electron chi connectivity index (χ3n) is 5.87. The lowest BCUT2D eigenvalue weighted by Gasteiger charge is -2.26. The van der Waals surface area contributed by atoms with Gasteiger partial charge in [0.15, 0.2) is 0 Å². The fourth-order valence-electron chi connectivity index (χ4n) is 4.25. The molecule has 8 heteroatoms. The number of carbonyl (C=O) groups excluding carboxylic acids is 1. The molecule has 0 saturated carbocycles. The van der Waals surface area contributed by atoms with Crippen LogP contribution in [-0.2, 0) is 16.4 Å². The molecule has 3 aromatic rings. The summed E-state index contributed by atoms with van der Waals surface area (Å²) in [7, 11) is -3.92. The molecule has 1 N–H and O–H groups in total. The van der Waals surface area contributed by atoms with E-state index < -0.39 is 10.0 Å². The molecular formula is C24H21ClN2O4S. The summed E-state index contributed by atoms with van der Waals surface area (Å²) in [4.78, 5) is 13.0. The second kappa shape index (κ2) is 8.15. The number of hydrogen-bond acceptors (Lipinski definition) is 4. The first-order chi connectivity index (χ1) is 15.4. The number of para-hydroxylation sites is 2. The number of carbonyl (C=O) groups is 1. The number of rotatable bonds is 4. The van der Waals surface area contributed by atoms with E-state index in [0.717, 1.165) is 16.9 Å². The highest BCUT2D eigenvalue weighted by Crippen LogP contribution is 2.36. The number of benzene rings is 3. The van der Waals surface area contributed by atoms with E-state index in [1.807, 2.05) is 42.5 Å². The molecule has 0 radical (unpaired) electrons. The normalized spacial score (nSPS) is 17.3. The van der Waals surface area contributed by atoms with Crippen molar-refractivity contribution < 1.29 is 17.9 Å². The van der Waals surface area contributed by atoms with Crippen molar-refractivity contribution in [3.63, 3.8) is 0 Å². The summed E-state index contributed by atoms with van der Waals surface area (Å²) in [5.41, 5.74) is 2.77. The fourth-order valence-corrected chi connectivity index (χ4v) is 6.26. The van der Waals surface area contributed by atoms with Crippen molar-refractivity contribution in [3.05, 3.63) is 88.4 Å². The van der Waals surface area contributed by atoms with Crippen LogP contribution in [0.2, 0.25) is 5.02 Å². The highest BCUT2D eigenvalue weighted by Gasteiger charge is 2.33. The van der Waals surface area contributed by atoms with Crippen LogP contribution in [0.3, 0.4) is 0 Å². The Bertz CT molecular complexity index is 1310. The lowest BCUT2D eigenvalue weighted by atomic mass is 10.00. The van der Waals surface area contributed by atoms with Gasteiger partial charge in [-0.2, -0.15) is 0 Å². The molecule has 0 aliphatic carbocycles. The molecule has 0 saturated heterocycles. The summed E-state index contributed by atoms with van der Waals surface area (Å²) in [6.45, 7) is 0.837. The van der Waals surface area contributed by atoms with Gasteiger partial charge in [0.1, 0.15) is 10.6 Å². The molecule has 2 aliphatic heterocycles. The number of hydrogen-bond donors (Lipinski definition) is 1. The molecule has 164 valence electrons. The molecule has 32 heavy (non-hydrogen) atoms. The van der Waals surface area contributed by atoms with E-state index in [0.29, 0.717) is 31.7 Å². The predicted molar refractivity (Wildman–Crippen MR) is 123 cm³/mol. The summed E-state index contributed by atoms with van der Waals surface area (Å²) in [5, 5.41) is 3.09. The lowest BCUT2D eigenvalue weighted by molar-refractivity contribution is 0.0924. The Morgan fingerprint density at radius 1 is 1.06 bits per heavy atom. The molecule has 0 fully saturated rings. The average molecular weight is 469 g/mol. The number of halogens is 1. The van der Waals surface area contributed by atoms with E-state index in [2.05, 4.69) is 5.32 Å². The Balaban J connectivity index is 1.44. The minimum Gasteiger partial charge on any atom is -0.493 e. The van der Waals surface area contributed by atoms with Crippen LogP contribution in [0.4, 0.5) is 5.69 Å². The van der Waals surface area contributed by atoms with Crippen LogP contribution in [0.15, 0.2) is 71.6 Å². The summed E-state index contributed by atoms with van der Waals surface area (Å²) < 4.78 is 33.9. The van der Waals surface area contributed by atoms with E-state index in [1.165, 1.54) is 16.4 Å². The summed E-state index contributed by atoms with van der Waals surface area (Å²) >= 11 is 6.30. The first-order valence-electron chi connectivity index (χ1n) is 10.4. The van der Waals surface area contributed by atoms with E-state index in [1.54, 1.807) is 12.1 Å². The Labute approximate surface area is 191 Å². The molecule has 2 aliphatic rings. The van der Waals surface area contributed by atoms with E-state index in [9.17, 15) is 13.2 Å². The van der Waals surface area contributed by atoms with Gasteiger partial charge in [-0.1, -0.05) is 48.0 Å². The molecule has 2 heterocycles. The minimum absolute atomic E-state index is 0.0732. The van der Waals surface area contributed by atoms with Gasteiger partial charge < -0.3 is 10.1 Å². The van der Waals surface area contributed by atoms with Gasteiger partial charge in [-0.25, -0.2) is 8.42 Å². The zero-order chi connectivity index (χ0) is 22.3. The van der Waals surface area contributed by atoms with Crippen molar-refractivity contribution in [3.8, 4) is 5.75 Å². The van der Waals surface area contributed by atoms with Gasteiger partial charge in [0.2, 0.25) is 0 Å². The quantitative estimate of drug-likeness (QED) is 0.617. The van der Waals surface area contributed by atoms with Crippen LogP contribution in [-0.4, -0.2) is 27.5 Å². The van der Waals surface area contributed by atoms with Crippen molar-refractivity contribution in [2.45, 2.75) is 23.8 Å². The number of anilines is 1. The third kappa shape index (κ3) is 3.61. The number of amides is 1. The molecule has 0 spiro atoms. The Morgan fingerprint density at radius 3 is 2.72 bits per heavy atom. The monoisotopic (exact) mass is 468 g/mol. The number of sulfonamides is 1. The first-order valence-corrected chi connectivity index (χ1v) is 12.2. The molecule has 5 rings (SSSR count). The van der Waals surface area contributed by atoms with Gasteiger partial charge in [0, 0.05) is 24.1 Å². The Morgan fingerprint density at radius 2 is 1.84 bits per heavy atom. The lowest BCUT2D eigenvalue weighted by Crippen LogP contribution is -2.33. The Hall–Kier alpha value is -3.03. The van der Waals surface area contributed by atoms with Gasteiger partial charge in [-0.15, -0.1) is 0 Å². The van der Waals surface area contributed by atoms with Gasteiger partial charge in [-0.05, 0) is 42.3 Å². The molecule has 1 atom stereocenters. The van der Waals surface area contributed by atoms with E-state index in [4.69, 9.17) is 16.3 Å². The molecule has 1 amide bonds. The van der Waals surface area contributed by atoms with Crippen molar-refractivity contribution in [2.75, 3.05) is 17.5 Å². The zero-order valence-electron chi connectivity index (χ0n) is 17.1. The number of nitrogens with zero attached hydrogens (tertiary/aromatic N) is 1. The molecule has 0 bridgehead atoms. The second-order valence-corrected chi connectivity index (χ2v) is 10.0. The van der Waals surface area contributed by atoms with Crippen LogP contribution in [0.5, 0.6) is 5.75 Å². The smallest absolute Gasteiger partial charge is 0.265 e. The van der Waals surface area contributed by atoms with Crippen molar-refractivity contribution >= 4 is 33.2 Å². The van der Waals surface area contributed by atoms with E-state index in [-0.39, 0.29) is 27.4 Å². The largest absolute Gasteiger partial charge is 0.493 e. The maximum Gasteiger partial charge on any atom is 0.265 e. The minimum atomic E-state index is -3.92. The zero-order valence-corrected chi connectivity index (χ0v) is 18.7. The molecule has 3 aromatic carbocycles. The number of ether oxygens (including phenoxy) is 1. The van der Waals surface area contributed by atoms with Gasteiger partial charge >= 0.3 is 0 Å². The average Bonchev–Trinajstić information content (AvgIpc) is 3.24. The topological polar surface area (TPSA) is 75.7 Å². The van der Waals surface area contributed by atoms with Crippen molar-refractivity contribution in [1.82, 2.24) is 5.32 Å². The van der Waals surface area contributed by atoms with Crippen LogP contribution in [0, 0.1) is 0 Å². The van der Waals surface area contributed by atoms with Crippen LogP contribution >= 0.6 is 11.6 Å². The van der Waals surface area contributed by atoms with Crippen LogP contribution in [0.1, 0.15) is 33.9 Å². The summed E-state index contributed by atoms with van der Waals surface area (Å²) in [5.74, 6) is 0.387. The van der Waals surface area contributed by atoms with Gasteiger partial charge in [0.05, 0.1) is 23.4 Å². The molecule has 0 unspecified atom stereocenters. The maximum atomic E-state index is 13.4. The van der Waals surface area contributed by atoms with Gasteiger partial charge in [0.25, 0.3) is 15.9 Å². The highest BCUT2D eigenvalue weighted by atomic mass is 35.5. The summed E-state index contributed by atoms with van der Waals surface area (Å²) in [6.07, 6.45) is 1.27.